The molecule has 3 rings (SSSR count). The molecule has 6 heteroatoms. The smallest absolute Gasteiger partial charge is 0.354 e. The van der Waals surface area contributed by atoms with Gasteiger partial charge in [-0.2, -0.15) is 0 Å². The van der Waals surface area contributed by atoms with Crippen LogP contribution in [0.2, 0.25) is 0 Å². The third-order valence-corrected chi connectivity index (χ3v) is 4.01. The Balaban J connectivity index is 1.85. The molecule has 6 nitrogen and oxygen atoms in total. The van der Waals surface area contributed by atoms with Crippen molar-refractivity contribution >= 4 is 17.5 Å². The van der Waals surface area contributed by atoms with E-state index in [0.717, 1.165) is 19.6 Å². The summed E-state index contributed by atoms with van der Waals surface area (Å²) in [7, 11) is 0. The van der Waals surface area contributed by atoms with Gasteiger partial charge in [-0.15, -0.1) is 0 Å². The largest absolute Gasteiger partial charge is 0.477 e. The van der Waals surface area contributed by atoms with Gasteiger partial charge in [0.05, 0.1) is 5.69 Å². The summed E-state index contributed by atoms with van der Waals surface area (Å²) in [5.74, 6) is -0.396. The molecular formula is C13H18N4O2. The highest BCUT2D eigenvalue weighted by Crippen LogP contribution is 2.27. The first kappa shape index (κ1) is 12.2. The number of carboxylic acids is 1. The van der Waals surface area contributed by atoms with Crippen LogP contribution in [-0.2, 0) is 0 Å². The lowest BCUT2D eigenvalue weighted by molar-refractivity contribution is 0.0690. The van der Waals surface area contributed by atoms with Crippen LogP contribution in [0.3, 0.4) is 0 Å². The Bertz CT molecular complexity index is 505. The average Bonchev–Trinajstić information content (AvgIpc) is 2.86. The second kappa shape index (κ2) is 4.70. The maximum Gasteiger partial charge on any atom is 0.354 e. The number of nitrogens with two attached hydrogens (primary N) is 1. The van der Waals surface area contributed by atoms with Crippen LogP contribution in [0, 0.1) is 0 Å². The Hall–Kier alpha value is -1.82. The van der Waals surface area contributed by atoms with E-state index in [0.29, 0.717) is 17.5 Å². The highest BCUT2D eigenvalue weighted by atomic mass is 16.4. The number of piperazine rings is 1. The van der Waals surface area contributed by atoms with Crippen LogP contribution in [0.5, 0.6) is 0 Å². The minimum atomic E-state index is -1.01. The highest BCUT2D eigenvalue weighted by Gasteiger charge is 2.31. The molecule has 102 valence electrons. The third-order valence-electron chi connectivity index (χ3n) is 4.01. The SMILES string of the molecule is Nc1ccc(C(=O)O)nc1N1CCN2CCCC2C1. The number of aromatic nitrogens is 1. The minimum Gasteiger partial charge on any atom is -0.477 e. The fourth-order valence-electron chi connectivity index (χ4n) is 3.02. The quantitative estimate of drug-likeness (QED) is 0.814. The number of nitrogen functional groups attached to an aromatic ring is 1. The van der Waals surface area contributed by atoms with Crippen LogP contribution >= 0.6 is 0 Å². The molecule has 0 amide bonds. The zero-order valence-electron chi connectivity index (χ0n) is 10.7. The number of fused-ring (bicyclic) bond motifs is 1. The van der Waals surface area contributed by atoms with Crippen molar-refractivity contribution < 1.29 is 9.90 Å². The maximum absolute atomic E-state index is 11.0. The Labute approximate surface area is 111 Å². The molecule has 1 aromatic heterocycles. The molecule has 0 spiro atoms. The van der Waals surface area contributed by atoms with E-state index in [2.05, 4.69) is 14.8 Å². The van der Waals surface area contributed by atoms with Crippen molar-refractivity contribution in [2.24, 2.45) is 0 Å². The van der Waals surface area contributed by atoms with Gasteiger partial charge in [0, 0.05) is 25.7 Å². The van der Waals surface area contributed by atoms with E-state index in [9.17, 15) is 4.79 Å². The molecule has 19 heavy (non-hydrogen) atoms. The van der Waals surface area contributed by atoms with Crippen LogP contribution in [-0.4, -0.2) is 53.2 Å². The summed E-state index contributed by atoms with van der Waals surface area (Å²) in [6, 6.07) is 3.64. The topological polar surface area (TPSA) is 82.7 Å². The van der Waals surface area contributed by atoms with Crippen molar-refractivity contribution in [3.63, 3.8) is 0 Å². The Morgan fingerprint density at radius 3 is 3.00 bits per heavy atom. The van der Waals surface area contributed by atoms with E-state index >= 15 is 0 Å². The van der Waals surface area contributed by atoms with Crippen LogP contribution in [0.25, 0.3) is 0 Å². The predicted molar refractivity (Wildman–Crippen MR) is 72.4 cm³/mol. The molecule has 3 heterocycles. The number of pyridine rings is 1. The third kappa shape index (κ3) is 2.23. The monoisotopic (exact) mass is 262 g/mol. The van der Waals surface area contributed by atoms with Gasteiger partial charge in [0.2, 0.25) is 0 Å². The van der Waals surface area contributed by atoms with Gasteiger partial charge in [-0.3, -0.25) is 4.90 Å². The number of hydrogen-bond acceptors (Lipinski definition) is 5. The van der Waals surface area contributed by atoms with Gasteiger partial charge in [0.15, 0.2) is 11.5 Å². The van der Waals surface area contributed by atoms with Crippen molar-refractivity contribution in [2.45, 2.75) is 18.9 Å². The van der Waals surface area contributed by atoms with Crippen molar-refractivity contribution in [1.29, 1.82) is 0 Å². The molecule has 3 N–H and O–H groups in total. The van der Waals surface area contributed by atoms with Gasteiger partial charge in [-0.1, -0.05) is 0 Å². The molecule has 0 saturated carbocycles. The molecule has 1 unspecified atom stereocenters. The van der Waals surface area contributed by atoms with Crippen LogP contribution in [0.15, 0.2) is 12.1 Å². The van der Waals surface area contributed by atoms with Gasteiger partial charge >= 0.3 is 5.97 Å². The molecule has 2 fully saturated rings. The fourth-order valence-corrected chi connectivity index (χ4v) is 3.02. The summed E-state index contributed by atoms with van der Waals surface area (Å²) >= 11 is 0. The second-order valence-electron chi connectivity index (χ2n) is 5.19. The van der Waals surface area contributed by atoms with Crippen molar-refractivity contribution in [3.05, 3.63) is 17.8 Å². The van der Waals surface area contributed by atoms with Crippen molar-refractivity contribution in [1.82, 2.24) is 9.88 Å². The van der Waals surface area contributed by atoms with Gasteiger partial charge in [0.1, 0.15) is 0 Å². The van der Waals surface area contributed by atoms with E-state index in [1.54, 1.807) is 6.07 Å². The van der Waals surface area contributed by atoms with E-state index in [1.165, 1.54) is 25.5 Å². The number of carboxylic acid groups (broad SMARTS) is 1. The summed E-state index contributed by atoms with van der Waals surface area (Å²) in [6.07, 6.45) is 2.45. The fraction of sp³-hybridized carbons (Fsp3) is 0.538. The Morgan fingerprint density at radius 2 is 2.21 bits per heavy atom. The molecule has 1 aromatic rings. The lowest BCUT2D eigenvalue weighted by Gasteiger charge is -2.38. The zero-order valence-corrected chi connectivity index (χ0v) is 10.7. The van der Waals surface area contributed by atoms with E-state index < -0.39 is 5.97 Å². The number of rotatable bonds is 2. The summed E-state index contributed by atoms with van der Waals surface area (Å²) < 4.78 is 0. The molecule has 0 aromatic carbocycles. The molecule has 0 bridgehead atoms. The van der Waals surface area contributed by atoms with Crippen molar-refractivity contribution in [2.75, 3.05) is 36.8 Å². The molecule has 2 saturated heterocycles. The molecular weight excluding hydrogens is 244 g/mol. The normalized spacial score (nSPS) is 23.4. The summed E-state index contributed by atoms with van der Waals surface area (Å²) in [4.78, 5) is 19.8. The summed E-state index contributed by atoms with van der Waals surface area (Å²) in [5, 5.41) is 9.02. The number of aromatic carboxylic acids is 1. The van der Waals surface area contributed by atoms with Crippen LogP contribution < -0.4 is 10.6 Å². The molecule has 2 aliphatic heterocycles. The standard InChI is InChI=1S/C13H18N4O2/c14-10-3-4-11(13(18)19)15-12(10)17-7-6-16-5-1-2-9(16)8-17/h3-4,9H,1-2,5-8,14H2,(H,18,19). The van der Waals surface area contributed by atoms with E-state index in [1.807, 2.05) is 0 Å². The first-order chi connectivity index (χ1) is 9.15. The summed E-state index contributed by atoms with van der Waals surface area (Å²) in [6.45, 7) is 3.93. The highest BCUT2D eigenvalue weighted by molar-refractivity contribution is 5.87. The van der Waals surface area contributed by atoms with Gasteiger partial charge in [0.25, 0.3) is 0 Å². The first-order valence-electron chi connectivity index (χ1n) is 6.64. The summed E-state index contributed by atoms with van der Waals surface area (Å²) in [5.41, 5.74) is 6.55. The van der Waals surface area contributed by atoms with Gasteiger partial charge in [-0.25, -0.2) is 9.78 Å². The molecule has 1 atom stereocenters. The lowest BCUT2D eigenvalue weighted by Crippen LogP contribution is -2.50. The Kier molecular flexibility index (Phi) is 3.02. The van der Waals surface area contributed by atoms with Gasteiger partial charge < -0.3 is 15.7 Å². The number of nitrogens with zero attached hydrogens (tertiary/aromatic N) is 3. The zero-order chi connectivity index (χ0) is 13.4. The Morgan fingerprint density at radius 1 is 1.37 bits per heavy atom. The van der Waals surface area contributed by atoms with Crippen molar-refractivity contribution in [3.8, 4) is 0 Å². The predicted octanol–water partition coefficient (Wildman–Crippen LogP) is 0.646. The van der Waals surface area contributed by atoms with E-state index in [-0.39, 0.29) is 5.69 Å². The lowest BCUT2D eigenvalue weighted by atomic mass is 10.1. The number of carbonyl (C=O) groups is 1. The second-order valence-corrected chi connectivity index (χ2v) is 5.19. The number of hydrogen-bond donors (Lipinski definition) is 2. The van der Waals surface area contributed by atoms with Crippen LogP contribution in [0.4, 0.5) is 11.5 Å². The molecule has 2 aliphatic rings. The van der Waals surface area contributed by atoms with Crippen LogP contribution in [0.1, 0.15) is 23.3 Å². The maximum atomic E-state index is 11.0. The van der Waals surface area contributed by atoms with E-state index in [4.69, 9.17) is 10.8 Å². The molecule has 0 radical (unpaired) electrons. The molecule has 0 aliphatic carbocycles. The first-order valence-corrected chi connectivity index (χ1v) is 6.64. The minimum absolute atomic E-state index is 0.0538. The number of anilines is 2. The van der Waals surface area contributed by atoms with Gasteiger partial charge in [-0.05, 0) is 31.5 Å². The average molecular weight is 262 g/mol.